The Morgan fingerprint density at radius 2 is 1.84 bits per heavy atom. The number of aliphatic carboxylic acids is 1. The van der Waals surface area contributed by atoms with Crippen molar-refractivity contribution < 1.29 is 19.5 Å². The van der Waals surface area contributed by atoms with Gasteiger partial charge in [0, 0.05) is 13.1 Å². The van der Waals surface area contributed by atoms with Crippen LogP contribution in [0.1, 0.15) is 37.6 Å². The molecule has 2 amide bonds. The van der Waals surface area contributed by atoms with Gasteiger partial charge in [-0.3, -0.25) is 14.4 Å². The first kappa shape index (κ1) is 21.3. The maximum Gasteiger partial charge on any atom is 0.305 e. The minimum absolute atomic E-state index is 0.0878. The van der Waals surface area contributed by atoms with Gasteiger partial charge < -0.3 is 15.3 Å². The Morgan fingerprint density at radius 1 is 1.20 bits per heavy atom. The lowest BCUT2D eigenvalue weighted by Gasteiger charge is -2.27. The quantitative estimate of drug-likeness (QED) is 0.716. The second-order valence-electron chi connectivity index (χ2n) is 6.12. The lowest BCUT2D eigenvalue weighted by molar-refractivity contribution is -0.139. The topological polar surface area (TPSA) is 86.7 Å². The van der Waals surface area contributed by atoms with Crippen LogP contribution in [0.2, 0.25) is 10.0 Å². The van der Waals surface area contributed by atoms with Crippen molar-refractivity contribution >= 4 is 41.0 Å². The fourth-order valence-electron chi connectivity index (χ4n) is 2.25. The molecule has 1 rings (SSSR count). The number of carbonyl (C=O) groups is 3. The molecule has 138 valence electrons. The molecule has 0 aliphatic rings. The van der Waals surface area contributed by atoms with E-state index < -0.39 is 17.9 Å². The van der Waals surface area contributed by atoms with Crippen molar-refractivity contribution in [3.05, 3.63) is 33.8 Å². The fourth-order valence-corrected chi connectivity index (χ4v) is 2.64. The molecular formula is C17H22Cl2N2O4. The molecule has 1 aromatic rings. The first-order valence-electron chi connectivity index (χ1n) is 7.89. The zero-order chi connectivity index (χ0) is 19.1. The Balaban J connectivity index is 2.82. The number of hydrogen-bond acceptors (Lipinski definition) is 3. The summed E-state index contributed by atoms with van der Waals surface area (Å²) in [5.41, 5.74) is 0.176. The highest BCUT2D eigenvalue weighted by Gasteiger charge is 2.24. The van der Waals surface area contributed by atoms with E-state index in [0.717, 1.165) is 0 Å². The van der Waals surface area contributed by atoms with Crippen LogP contribution in [0, 0.1) is 5.92 Å². The van der Waals surface area contributed by atoms with Gasteiger partial charge in [0.05, 0.1) is 22.0 Å². The molecule has 2 N–H and O–H groups in total. The number of benzene rings is 1. The van der Waals surface area contributed by atoms with Crippen LogP contribution in [-0.2, 0) is 9.59 Å². The first-order chi connectivity index (χ1) is 11.6. The van der Waals surface area contributed by atoms with Gasteiger partial charge in [0.25, 0.3) is 5.91 Å². The Bertz CT molecular complexity index is 650. The highest BCUT2D eigenvalue weighted by atomic mass is 35.5. The molecule has 0 saturated carbocycles. The van der Waals surface area contributed by atoms with E-state index in [2.05, 4.69) is 5.32 Å². The number of nitrogens with zero attached hydrogens (tertiary/aromatic N) is 1. The summed E-state index contributed by atoms with van der Waals surface area (Å²) in [4.78, 5) is 37.1. The number of amides is 2. The fraction of sp³-hybridized carbons (Fsp3) is 0.471. The molecule has 0 bridgehead atoms. The molecule has 6 nitrogen and oxygen atoms in total. The highest BCUT2D eigenvalue weighted by Crippen LogP contribution is 2.25. The third-order valence-electron chi connectivity index (χ3n) is 3.41. The molecule has 0 aliphatic carbocycles. The van der Waals surface area contributed by atoms with Gasteiger partial charge in [0.15, 0.2) is 0 Å². The van der Waals surface area contributed by atoms with Crippen LogP contribution in [0.3, 0.4) is 0 Å². The molecular weight excluding hydrogens is 367 g/mol. The van der Waals surface area contributed by atoms with Crippen LogP contribution in [0.25, 0.3) is 0 Å². The normalized spacial score (nSPS) is 11.9. The zero-order valence-electron chi connectivity index (χ0n) is 14.4. The predicted octanol–water partition coefficient (Wildman–Crippen LogP) is 3.07. The number of nitrogens with one attached hydrogen (secondary N) is 1. The summed E-state index contributed by atoms with van der Waals surface area (Å²) in [7, 11) is 0. The Kier molecular flexibility index (Phi) is 8.19. The van der Waals surface area contributed by atoms with Gasteiger partial charge >= 0.3 is 5.97 Å². The molecule has 0 fully saturated rings. The summed E-state index contributed by atoms with van der Waals surface area (Å²) >= 11 is 11.9. The molecule has 25 heavy (non-hydrogen) atoms. The van der Waals surface area contributed by atoms with Crippen LogP contribution in [0.4, 0.5) is 0 Å². The maximum absolute atomic E-state index is 12.6. The smallest absolute Gasteiger partial charge is 0.305 e. The van der Waals surface area contributed by atoms with E-state index in [0.29, 0.717) is 6.54 Å². The van der Waals surface area contributed by atoms with Crippen LogP contribution < -0.4 is 5.32 Å². The Morgan fingerprint density at radius 3 is 2.40 bits per heavy atom. The maximum atomic E-state index is 12.6. The molecule has 1 atom stereocenters. The molecule has 0 radical (unpaired) electrons. The second-order valence-corrected chi connectivity index (χ2v) is 6.90. The van der Waals surface area contributed by atoms with E-state index in [4.69, 9.17) is 28.3 Å². The van der Waals surface area contributed by atoms with Gasteiger partial charge in [-0.05, 0) is 25.0 Å². The number of rotatable bonds is 8. The number of carbonyl (C=O) groups excluding carboxylic acids is 2. The van der Waals surface area contributed by atoms with Gasteiger partial charge in [-0.2, -0.15) is 0 Å². The molecule has 0 aromatic heterocycles. The average molecular weight is 389 g/mol. The van der Waals surface area contributed by atoms with Gasteiger partial charge in [0.2, 0.25) is 5.91 Å². The summed E-state index contributed by atoms with van der Waals surface area (Å²) in [6.07, 6.45) is -0.154. The van der Waals surface area contributed by atoms with Crippen molar-refractivity contribution in [2.75, 3.05) is 13.1 Å². The van der Waals surface area contributed by atoms with E-state index in [1.165, 1.54) is 11.0 Å². The third-order valence-corrected chi connectivity index (χ3v) is 4.23. The minimum Gasteiger partial charge on any atom is -0.481 e. The van der Waals surface area contributed by atoms with Crippen molar-refractivity contribution in [3.8, 4) is 0 Å². The van der Waals surface area contributed by atoms with Crippen LogP contribution in [-0.4, -0.2) is 46.9 Å². The molecule has 0 saturated heterocycles. The minimum atomic E-state index is -0.982. The third kappa shape index (κ3) is 6.55. The van der Waals surface area contributed by atoms with Crippen molar-refractivity contribution in [2.45, 2.75) is 33.2 Å². The monoisotopic (exact) mass is 388 g/mol. The SMILES string of the molecule is CC(C)CN(CCC(=O)O)C(=O)C(C)NC(=O)c1cccc(Cl)c1Cl. The van der Waals surface area contributed by atoms with Gasteiger partial charge in [-0.15, -0.1) is 0 Å². The van der Waals surface area contributed by atoms with Crippen molar-refractivity contribution in [1.82, 2.24) is 10.2 Å². The van der Waals surface area contributed by atoms with Gasteiger partial charge in [-0.1, -0.05) is 43.1 Å². The Hall–Kier alpha value is -1.79. The molecule has 8 heteroatoms. The summed E-state index contributed by atoms with van der Waals surface area (Å²) < 4.78 is 0. The predicted molar refractivity (Wildman–Crippen MR) is 97.1 cm³/mol. The standard InChI is InChI=1S/C17H22Cl2N2O4/c1-10(2)9-21(8-7-14(22)23)17(25)11(3)20-16(24)12-5-4-6-13(18)15(12)19/h4-6,10-11H,7-9H2,1-3H3,(H,20,24)(H,22,23). The molecule has 1 aromatic carbocycles. The molecule has 0 spiro atoms. The van der Waals surface area contributed by atoms with Crippen molar-refractivity contribution in [3.63, 3.8) is 0 Å². The van der Waals surface area contributed by atoms with E-state index in [-0.39, 0.29) is 40.4 Å². The number of hydrogen-bond donors (Lipinski definition) is 2. The molecule has 0 heterocycles. The average Bonchev–Trinajstić information content (AvgIpc) is 2.52. The van der Waals surface area contributed by atoms with Gasteiger partial charge in [-0.25, -0.2) is 0 Å². The molecule has 1 unspecified atom stereocenters. The number of carboxylic acids is 1. The van der Waals surface area contributed by atoms with E-state index >= 15 is 0 Å². The van der Waals surface area contributed by atoms with Crippen molar-refractivity contribution in [1.29, 1.82) is 0 Å². The molecule has 0 aliphatic heterocycles. The zero-order valence-corrected chi connectivity index (χ0v) is 15.9. The van der Waals surface area contributed by atoms with Crippen LogP contribution in [0.15, 0.2) is 18.2 Å². The van der Waals surface area contributed by atoms with Crippen LogP contribution in [0.5, 0.6) is 0 Å². The van der Waals surface area contributed by atoms with Gasteiger partial charge in [0.1, 0.15) is 6.04 Å². The second kappa shape index (κ2) is 9.63. The van der Waals surface area contributed by atoms with E-state index in [1.807, 2.05) is 13.8 Å². The summed E-state index contributed by atoms with van der Waals surface area (Å²) in [6.45, 7) is 5.90. The number of halogens is 2. The lowest BCUT2D eigenvalue weighted by atomic mass is 10.1. The number of carboxylic acid groups (broad SMARTS) is 1. The lowest BCUT2D eigenvalue weighted by Crippen LogP contribution is -2.48. The summed E-state index contributed by atoms with van der Waals surface area (Å²) in [6, 6.07) is 3.84. The largest absolute Gasteiger partial charge is 0.481 e. The summed E-state index contributed by atoms with van der Waals surface area (Å²) in [5.74, 6) is -1.68. The Labute approximate surface area is 157 Å². The summed E-state index contributed by atoms with van der Waals surface area (Å²) in [5, 5.41) is 11.8. The van der Waals surface area contributed by atoms with Crippen LogP contribution >= 0.6 is 23.2 Å². The highest BCUT2D eigenvalue weighted by molar-refractivity contribution is 6.43. The first-order valence-corrected chi connectivity index (χ1v) is 8.64. The van der Waals surface area contributed by atoms with Crippen molar-refractivity contribution in [2.24, 2.45) is 5.92 Å². The van der Waals surface area contributed by atoms with E-state index in [9.17, 15) is 14.4 Å². The van der Waals surface area contributed by atoms with E-state index in [1.54, 1.807) is 19.1 Å².